The first-order valence-electron chi connectivity index (χ1n) is 7.28. The standard InChI is InChI=1S/C17H17N3OS/c18-11-17(10-14(17)12-5-2-1-3-6-12)20-16(21)15(19)9-13-7-4-8-22-13/h1-8,14-15H,9-10,19H2,(H,20,21)/p+1/t14-,15+,17+/m0/s1. The summed E-state index contributed by atoms with van der Waals surface area (Å²) in [6.45, 7) is 0. The minimum absolute atomic E-state index is 0.0802. The zero-order valence-electron chi connectivity index (χ0n) is 12.2. The Hall–Kier alpha value is -2.16. The van der Waals surface area contributed by atoms with E-state index in [1.54, 1.807) is 11.3 Å². The van der Waals surface area contributed by atoms with E-state index in [1.807, 2.05) is 47.8 Å². The summed E-state index contributed by atoms with van der Waals surface area (Å²) >= 11 is 1.62. The number of rotatable bonds is 5. The van der Waals surface area contributed by atoms with E-state index in [2.05, 4.69) is 17.1 Å². The Kier molecular flexibility index (Phi) is 3.97. The van der Waals surface area contributed by atoms with E-state index in [4.69, 9.17) is 0 Å². The minimum Gasteiger partial charge on any atom is -0.347 e. The molecule has 3 atom stereocenters. The Bertz CT molecular complexity index is 692. The normalized spacial score (nSPS) is 24.3. The predicted molar refractivity (Wildman–Crippen MR) is 85.0 cm³/mol. The fraction of sp³-hybridized carbons (Fsp3) is 0.294. The van der Waals surface area contributed by atoms with E-state index < -0.39 is 5.54 Å². The molecule has 4 N–H and O–H groups in total. The van der Waals surface area contributed by atoms with Gasteiger partial charge in [-0.25, -0.2) is 0 Å². The molecular weight excluding hydrogens is 294 g/mol. The molecule has 1 aliphatic rings. The number of hydrogen-bond donors (Lipinski definition) is 2. The SMILES string of the molecule is N#C[C@]1(NC(=O)[C@H]([NH3+])Cc2cccs2)C[C@H]1c1ccccc1. The van der Waals surface area contributed by atoms with Gasteiger partial charge in [0.05, 0.1) is 6.07 Å². The van der Waals surface area contributed by atoms with Crippen molar-refractivity contribution in [3.05, 3.63) is 58.3 Å². The molecule has 1 aromatic carbocycles. The number of quaternary nitrogens is 1. The van der Waals surface area contributed by atoms with Crippen LogP contribution in [0.2, 0.25) is 0 Å². The molecule has 2 aromatic rings. The second-order valence-electron chi connectivity index (χ2n) is 5.72. The maximum Gasteiger partial charge on any atom is 0.279 e. The van der Waals surface area contributed by atoms with Crippen LogP contribution in [0.3, 0.4) is 0 Å². The molecule has 5 heteroatoms. The van der Waals surface area contributed by atoms with Crippen molar-refractivity contribution in [1.82, 2.24) is 5.32 Å². The van der Waals surface area contributed by atoms with Crippen LogP contribution in [-0.4, -0.2) is 17.5 Å². The average Bonchev–Trinajstić information content (AvgIpc) is 3.02. The van der Waals surface area contributed by atoms with Crippen LogP contribution >= 0.6 is 11.3 Å². The van der Waals surface area contributed by atoms with Crippen LogP contribution in [0.4, 0.5) is 0 Å². The smallest absolute Gasteiger partial charge is 0.279 e. The molecule has 1 aromatic heterocycles. The van der Waals surface area contributed by atoms with Crippen LogP contribution in [0, 0.1) is 11.3 Å². The highest BCUT2D eigenvalue weighted by molar-refractivity contribution is 7.09. The van der Waals surface area contributed by atoms with Crippen molar-refractivity contribution in [3.8, 4) is 6.07 Å². The molecule has 1 aliphatic carbocycles. The van der Waals surface area contributed by atoms with Crippen LogP contribution < -0.4 is 11.1 Å². The summed E-state index contributed by atoms with van der Waals surface area (Å²) in [4.78, 5) is 13.5. The van der Waals surface area contributed by atoms with Crippen molar-refractivity contribution in [1.29, 1.82) is 5.26 Å². The summed E-state index contributed by atoms with van der Waals surface area (Å²) in [7, 11) is 0. The van der Waals surface area contributed by atoms with Gasteiger partial charge in [0.2, 0.25) is 0 Å². The van der Waals surface area contributed by atoms with Gasteiger partial charge in [-0.15, -0.1) is 11.3 Å². The number of nitrogens with zero attached hydrogens (tertiary/aromatic N) is 1. The summed E-state index contributed by atoms with van der Waals surface area (Å²) < 4.78 is 0. The Morgan fingerprint density at radius 3 is 2.82 bits per heavy atom. The fourth-order valence-electron chi connectivity index (χ4n) is 2.73. The largest absolute Gasteiger partial charge is 0.347 e. The van der Waals surface area contributed by atoms with Gasteiger partial charge in [0, 0.05) is 17.2 Å². The lowest BCUT2D eigenvalue weighted by molar-refractivity contribution is -0.403. The lowest BCUT2D eigenvalue weighted by Crippen LogP contribution is -2.69. The fourth-order valence-corrected chi connectivity index (χ4v) is 3.51. The molecule has 112 valence electrons. The van der Waals surface area contributed by atoms with Crippen molar-refractivity contribution in [3.63, 3.8) is 0 Å². The van der Waals surface area contributed by atoms with Gasteiger partial charge < -0.3 is 11.1 Å². The maximum absolute atomic E-state index is 12.3. The van der Waals surface area contributed by atoms with Gasteiger partial charge in [0.15, 0.2) is 6.04 Å². The van der Waals surface area contributed by atoms with Gasteiger partial charge in [-0.3, -0.25) is 4.79 Å². The number of carbonyl (C=O) groups is 1. The highest BCUT2D eigenvalue weighted by atomic mass is 32.1. The highest BCUT2D eigenvalue weighted by Crippen LogP contribution is 2.50. The van der Waals surface area contributed by atoms with Gasteiger partial charge >= 0.3 is 0 Å². The number of nitrogens with one attached hydrogen (secondary N) is 1. The molecule has 3 rings (SSSR count). The average molecular weight is 312 g/mol. The zero-order valence-corrected chi connectivity index (χ0v) is 13.0. The van der Waals surface area contributed by atoms with Crippen molar-refractivity contribution in [2.24, 2.45) is 0 Å². The summed E-state index contributed by atoms with van der Waals surface area (Å²) in [6, 6.07) is 15.8. The van der Waals surface area contributed by atoms with Gasteiger partial charge in [-0.05, 0) is 23.4 Å². The van der Waals surface area contributed by atoms with E-state index in [1.165, 1.54) is 0 Å². The van der Waals surface area contributed by atoms with Crippen molar-refractivity contribution >= 4 is 17.2 Å². The van der Waals surface area contributed by atoms with Crippen LogP contribution in [0.15, 0.2) is 47.8 Å². The molecule has 0 radical (unpaired) electrons. The van der Waals surface area contributed by atoms with Crippen molar-refractivity contribution in [2.75, 3.05) is 0 Å². The molecule has 1 heterocycles. The summed E-state index contributed by atoms with van der Waals surface area (Å²) in [5, 5.41) is 14.4. The molecule has 0 spiro atoms. The second kappa shape index (κ2) is 5.91. The minimum atomic E-state index is -0.760. The van der Waals surface area contributed by atoms with Crippen LogP contribution in [-0.2, 0) is 11.2 Å². The van der Waals surface area contributed by atoms with Crippen LogP contribution in [0.1, 0.15) is 22.8 Å². The topological polar surface area (TPSA) is 80.5 Å². The van der Waals surface area contributed by atoms with E-state index in [0.717, 1.165) is 10.4 Å². The predicted octanol–water partition coefficient (Wildman–Crippen LogP) is 1.47. The molecular formula is C17H18N3OS+. The van der Waals surface area contributed by atoms with E-state index >= 15 is 0 Å². The van der Waals surface area contributed by atoms with E-state index in [-0.39, 0.29) is 17.9 Å². The van der Waals surface area contributed by atoms with Crippen LogP contribution in [0.25, 0.3) is 0 Å². The third-order valence-electron chi connectivity index (χ3n) is 4.11. The third kappa shape index (κ3) is 2.89. The van der Waals surface area contributed by atoms with Gasteiger partial charge in [0.25, 0.3) is 5.91 Å². The number of carbonyl (C=O) groups excluding carboxylic acids is 1. The molecule has 0 unspecified atom stereocenters. The van der Waals surface area contributed by atoms with E-state index in [0.29, 0.717) is 12.8 Å². The number of hydrogen-bond acceptors (Lipinski definition) is 3. The lowest BCUT2D eigenvalue weighted by Gasteiger charge is -2.14. The summed E-state index contributed by atoms with van der Waals surface area (Å²) in [6.07, 6.45) is 1.28. The van der Waals surface area contributed by atoms with Gasteiger partial charge in [-0.1, -0.05) is 36.4 Å². The third-order valence-corrected chi connectivity index (χ3v) is 5.01. The Balaban J connectivity index is 1.64. The van der Waals surface area contributed by atoms with Gasteiger partial charge in [-0.2, -0.15) is 5.26 Å². The molecule has 0 bridgehead atoms. The Labute approximate surface area is 133 Å². The molecule has 1 amide bonds. The number of benzene rings is 1. The van der Waals surface area contributed by atoms with Gasteiger partial charge in [0.1, 0.15) is 5.54 Å². The highest BCUT2D eigenvalue weighted by Gasteiger charge is 2.57. The van der Waals surface area contributed by atoms with E-state index in [9.17, 15) is 10.1 Å². The Morgan fingerprint density at radius 2 is 2.18 bits per heavy atom. The molecule has 22 heavy (non-hydrogen) atoms. The first-order valence-corrected chi connectivity index (χ1v) is 8.16. The zero-order chi connectivity index (χ0) is 15.6. The molecule has 1 saturated carbocycles. The molecule has 1 fully saturated rings. The summed E-state index contributed by atoms with van der Waals surface area (Å²) in [5.41, 5.74) is 4.28. The number of nitriles is 1. The lowest BCUT2D eigenvalue weighted by atomic mass is 10.1. The monoisotopic (exact) mass is 312 g/mol. The Morgan fingerprint density at radius 1 is 1.41 bits per heavy atom. The second-order valence-corrected chi connectivity index (χ2v) is 6.75. The molecule has 4 nitrogen and oxygen atoms in total. The molecule has 0 saturated heterocycles. The first-order chi connectivity index (χ1) is 10.6. The van der Waals surface area contributed by atoms with Crippen LogP contribution in [0.5, 0.6) is 0 Å². The van der Waals surface area contributed by atoms with Crippen molar-refractivity contribution < 1.29 is 10.5 Å². The number of amides is 1. The summed E-state index contributed by atoms with van der Waals surface area (Å²) in [5.74, 6) is -0.0648. The first kappa shape index (κ1) is 14.8. The quantitative estimate of drug-likeness (QED) is 0.876. The van der Waals surface area contributed by atoms with Crippen molar-refractivity contribution in [2.45, 2.75) is 30.3 Å². The maximum atomic E-state index is 12.3. The molecule has 0 aliphatic heterocycles. The number of thiophene rings is 1.